The van der Waals surface area contributed by atoms with E-state index in [1.807, 2.05) is 12.1 Å². The van der Waals surface area contributed by atoms with Crippen molar-refractivity contribution in [1.29, 1.82) is 0 Å². The molecule has 6 heteroatoms. The third-order valence-electron chi connectivity index (χ3n) is 16.9. The van der Waals surface area contributed by atoms with E-state index in [-0.39, 0.29) is 84.1 Å². The van der Waals surface area contributed by atoms with E-state index in [1.165, 1.54) is 194 Å². The molecule has 0 bridgehead atoms. The van der Waals surface area contributed by atoms with Gasteiger partial charge in [-0.25, -0.2) is 0 Å². The van der Waals surface area contributed by atoms with Gasteiger partial charge in [0.15, 0.2) is 0 Å². The smallest absolute Gasteiger partial charge is 1.00 e. The van der Waals surface area contributed by atoms with Crippen LogP contribution in [0.2, 0.25) is 0 Å². The number of hydrogen-bond acceptors (Lipinski definition) is 0. The molecule has 6 aliphatic carbocycles. The summed E-state index contributed by atoms with van der Waals surface area (Å²) in [7, 11) is 0.122. The Hall–Kier alpha value is -2.59. The first-order valence-electron chi connectivity index (χ1n) is 27.8. The number of fused-ring (bicyclic) bond motifs is 8. The summed E-state index contributed by atoms with van der Waals surface area (Å²) in [5, 5.41) is 9.34. The van der Waals surface area contributed by atoms with Crippen molar-refractivity contribution in [3.05, 3.63) is 192 Å². The van der Waals surface area contributed by atoms with Crippen molar-refractivity contribution < 1.29 is 68.2 Å². The first kappa shape index (κ1) is 59.1. The van der Waals surface area contributed by atoms with Crippen LogP contribution in [0.5, 0.6) is 0 Å². The summed E-state index contributed by atoms with van der Waals surface area (Å²) in [5.74, 6) is 0. The molecule has 0 heterocycles. The molecule has 6 aliphatic rings. The van der Waals surface area contributed by atoms with Gasteiger partial charge < -0.3 is 24.8 Å². The molecule has 0 saturated heterocycles. The second-order valence-electron chi connectivity index (χ2n) is 21.5. The van der Waals surface area contributed by atoms with Crippen LogP contribution >= 0.6 is 15.8 Å². The van der Waals surface area contributed by atoms with Gasteiger partial charge in [-0.3, -0.25) is 0 Å². The Morgan fingerprint density at radius 2 is 0.662 bits per heavy atom. The second kappa shape index (κ2) is 29.4. The average molecular weight is 1120 g/mol. The van der Waals surface area contributed by atoms with Gasteiger partial charge in [0.1, 0.15) is 0 Å². The molecule has 0 unspecified atom stereocenters. The van der Waals surface area contributed by atoms with Gasteiger partial charge >= 0.3 is 43.4 Å². The van der Waals surface area contributed by atoms with Gasteiger partial charge in [0, 0.05) is 0 Å². The summed E-state index contributed by atoms with van der Waals surface area (Å²) in [6.07, 6.45) is 31.9. The predicted molar refractivity (Wildman–Crippen MR) is 307 cm³/mol. The average Bonchev–Trinajstić information content (AvgIpc) is 4.24. The van der Waals surface area contributed by atoms with Gasteiger partial charge in [0.05, 0.1) is 0 Å². The Morgan fingerprint density at radius 3 is 1.01 bits per heavy atom. The van der Waals surface area contributed by atoms with Crippen LogP contribution in [0.1, 0.15) is 151 Å². The molecule has 74 heavy (non-hydrogen) atoms. The van der Waals surface area contributed by atoms with Crippen LogP contribution in [0.4, 0.5) is 0 Å². The molecule has 380 valence electrons. The molecule has 4 saturated carbocycles. The third kappa shape index (κ3) is 14.2. The van der Waals surface area contributed by atoms with Gasteiger partial charge in [-0.15, -0.1) is 91.8 Å². The molecular formula is C68H74Cl2P2Ti2-2. The number of halogens is 2. The molecule has 8 aromatic carbocycles. The van der Waals surface area contributed by atoms with Crippen molar-refractivity contribution in [3.63, 3.8) is 0 Å². The standard InChI is InChI=1S/2C21H28P.2C13H9.2ClH.2Ti/c2*1-3-11-19(12-4-1)22(20-13-5-2-6-14-20)21-15-17-9-7-8-10-18(17)16-21;2*1-3-7-12-10(5-1)9-11-6-2-4-8-13(11)12;;;;/h2*7-10,15-16,19-20H,1-6,11-14H2;2*1-5,7-8H,9H2;2*1H;;/q4*-1;;;2*+2/p-2. The number of hydrogen-bond donors (Lipinski definition) is 0. The third-order valence-corrected chi connectivity index (χ3v) is 23.8. The summed E-state index contributed by atoms with van der Waals surface area (Å²) in [5.41, 5.74) is 15.1. The summed E-state index contributed by atoms with van der Waals surface area (Å²) in [6, 6.07) is 64.4. The van der Waals surface area contributed by atoms with Crippen LogP contribution in [-0.4, -0.2) is 22.6 Å². The first-order valence-corrected chi connectivity index (χ1v) is 30.7. The summed E-state index contributed by atoms with van der Waals surface area (Å²) < 4.78 is 0. The van der Waals surface area contributed by atoms with Gasteiger partial charge in [-0.1, -0.05) is 176 Å². The Bertz CT molecular complexity index is 2540. The molecule has 0 aromatic heterocycles. The zero-order valence-corrected chi connectivity index (χ0v) is 50.0. The van der Waals surface area contributed by atoms with Crippen LogP contribution in [0.15, 0.2) is 158 Å². The minimum absolute atomic E-state index is 0. The van der Waals surface area contributed by atoms with Gasteiger partial charge in [0.2, 0.25) is 0 Å². The minimum atomic E-state index is 0. The van der Waals surface area contributed by atoms with Crippen molar-refractivity contribution in [2.75, 3.05) is 0 Å². The zero-order valence-electron chi connectivity index (χ0n) is 43.5. The largest absolute Gasteiger partial charge is 2.00 e. The Balaban J connectivity index is 0.000000145. The minimum Gasteiger partial charge on any atom is -1.00 e. The summed E-state index contributed by atoms with van der Waals surface area (Å²) >= 11 is 0. The SMILES string of the molecule is [Cl-].[Cl-].[Ti+2].[Ti+2].[c-]1cccc2c1Cc1ccccc1-2.[c-]1cccc2c1Cc1ccccc1-2.c1ccc2[cH-]c(P(C3CCCCC3)C3CCCCC3)cc2c1.c1ccc2[cH-]c(P(C3CCCCC3)C3CCCCC3)cc2c1. The zero-order chi connectivity index (χ0) is 46.9. The summed E-state index contributed by atoms with van der Waals surface area (Å²) in [4.78, 5) is 0. The molecule has 0 N–H and O–H groups in total. The number of benzene rings is 6. The maximum absolute atomic E-state index is 3.30. The Morgan fingerprint density at radius 1 is 0.351 bits per heavy atom. The molecule has 0 atom stereocenters. The Labute approximate surface area is 490 Å². The van der Waals surface area contributed by atoms with E-state index < -0.39 is 0 Å². The fraction of sp³-hybridized carbons (Fsp3) is 0.382. The second-order valence-corrected chi connectivity index (χ2v) is 27.0. The normalized spacial score (nSPS) is 17.2. The van der Waals surface area contributed by atoms with Crippen LogP contribution in [-0.2, 0) is 56.3 Å². The maximum atomic E-state index is 3.30. The van der Waals surface area contributed by atoms with Crippen LogP contribution in [0, 0.1) is 12.1 Å². The monoisotopic (exact) mass is 1120 g/mol. The molecule has 14 rings (SSSR count). The molecule has 0 radical (unpaired) electrons. The molecule has 0 aliphatic heterocycles. The fourth-order valence-electron chi connectivity index (χ4n) is 13.4. The van der Waals surface area contributed by atoms with Crippen LogP contribution in [0.25, 0.3) is 43.8 Å². The predicted octanol–water partition coefficient (Wildman–Crippen LogP) is 12.8. The summed E-state index contributed by atoms with van der Waals surface area (Å²) in [6.45, 7) is 0. The van der Waals surface area contributed by atoms with Crippen molar-refractivity contribution in [1.82, 2.24) is 0 Å². The van der Waals surface area contributed by atoms with Crippen molar-refractivity contribution in [3.8, 4) is 22.3 Å². The van der Waals surface area contributed by atoms with Gasteiger partial charge in [-0.05, 0) is 86.8 Å². The van der Waals surface area contributed by atoms with Crippen LogP contribution in [0.3, 0.4) is 0 Å². The molecule has 0 spiro atoms. The first-order chi connectivity index (χ1) is 34.7. The Kier molecular flexibility index (Phi) is 23.5. The molecule has 4 fully saturated rings. The fourth-order valence-corrected chi connectivity index (χ4v) is 21.2. The van der Waals surface area contributed by atoms with Gasteiger partial charge in [-0.2, -0.15) is 71.8 Å². The van der Waals surface area contributed by atoms with Crippen LogP contribution < -0.4 is 35.4 Å². The van der Waals surface area contributed by atoms with E-state index in [1.54, 1.807) is 10.6 Å². The topological polar surface area (TPSA) is 0 Å². The number of rotatable bonds is 6. The molecular weight excluding hydrogens is 1050 g/mol. The quantitative estimate of drug-likeness (QED) is 0.0884. The van der Waals surface area contributed by atoms with Crippen molar-refractivity contribution in [2.45, 2.75) is 164 Å². The molecule has 8 aromatic rings. The van der Waals surface area contributed by atoms with E-state index in [9.17, 15) is 0 Å². The van der Waals surface area contributed by atoms with E-state index in [4.69, 9.17) is 0 Å². The van der Waals surface area contributed by atoms with Crippen molar-refractivity contribution in [2.24, 2.45) is 0 Å². The molecule has 0 amide bonds. The van der Waals surface area contributed by atoms with E-state index in [0.717, 1.165) is 35.5 Å². The maximum Gasteiger partial charge on any atom is 2.00 e. The molecule has 0 nitrogen and oxygen atoms in total. The van der Waals surface area contributed by atoms with E-state index in [0.29, 0.717) is 0 Å². The van der Waals surface area contributed by atoms with E-state index >= 15 is 0 Å². The van der Waals surface area contributed by atoms with Crippen molar-refractivity contribution >= 4 is 48.0 Å². The van der Waals surface area contributed by atoms with Gasteiger partial charge in [0.25, 0.3) is 0 Å². The van der Waals surface area contributed by atoms with E-state index in [2.05, 4.69) is 158 Å².